The lowest BCUT2D eigenvalue weighted by Gasteiger charge is -2.14. The number of halogens is 4. The minimum atomic E-state index is -4.79. The van der Waals surface area contributed by atoms with Gasteiger partial charge < -0.3 is 29.6 Å². The van der Waals surface area contributed by atoms with Crippen LogP contribution in [-0.2, 0) is 22.8 Å². The maximum atomic E-state index is 12.6. The largest absolute Gasteiger partial charge is 0.573 e. The second kappa shape index (κ2) is 13.2. The molecule has 9 nitrogen and oxygen atoms in total. The van der Waals surface area contributed by atoms with Crippen LogP contribution in [0, 0.1) is 0 Å². The maximum Gasteiger partial charge on any atom is 0.573 e. The number of aromatic nitrogens is 3. The van der Waals surface area contributed by atoms with Gasteiger partial charge in [0.1, 0.15) is 29.1 Å². The molecule has 4 rings (SSSR count). The van der Waals surface area contributed by atoms with Crippen molar-refractivity contribution >= 4 is 51.0 Å². The number of nitrogens with one attached hydrogen (secondary N) is 2. The molecule has 0 saturated heterocycles. The summed E-state index contributed by atoms with van der Waals surface area (Å²) in [5.74, 6) is 0.742. The zero-order valence-electron chi connectivity index (χ0n) is 22.5. The van der Waals surface area contributed by atoms with Gasteiger partial charge in [-0.2, -0.15) is 0 Å². The molecule has 0 aliphatic carbocycles. The van der Waals surface area contributed by atoms with Crippen molar-refractivity contribution in [3.63, 3.8) is 0 Å². The summed E-state index contributed by atoms with van der Waals surface area (Å²) in [6.07, 6.45) is -0.0176. The number of nitrogens with zero attached hydrogens (tertiary/aromatic N) is 4. The maximum absolute atomic E-state index is 12.6. The van der Waals surface area contributed by atoms with Gasteiger partial charge in [-0.1, -0.05) is 34.7 Å². The molecule has 0 aliphatic rings. The number of carbonyl (C=O) groups excluding carboxylic acids is 1. The summed E-state index contributed by atoms with van der Waals surface area (Å²) >= 11 is 2.19. The Labute approximate surface area is 248 Å². The van der Waals surface area contributed by atoms with Crippen LogP contribution in [0.3, 0.4) is 0 Å². The van der Waals surface area contributed by atoms with Gasteiger partial charge in [0.15, 0.2) is 5.82 Å². The number of carbonyl (C=O) groups is 1. The second-order valence-electron chi connectivity index (χ2n) is 9.24. The van der Waals surface area contributed by atoms with Crippen molar-refractivity contribution in [2.45, 2.75) is 17.3 Å². The molecular formula is C28H28F3IN6O3. The zero-order chi connectivity index (χ0) is 29.6. The normalized spacial score (nSPS) is 11.8. The minimum absolute atomic E-state index is 0.185. The highest BCUT2D eigenvalue weighted by atomic mass is 127. The van der Waals surface area contributed by atoms with E-state index >= 15 is 0 Å². The highest BCUT2D eigenvalue weighted by molar-refractivity contribution is 14.1. The first-order chi connectivity index (χ1) is 19.5. The molecule has 1 amide bonds. The molecule has 13 heteroatoms. The van der Waals surface area contributed by atoms with E-state index in [-0.39, 0.29) is 17.4 Å². The number of rotatable bonds is 11. The van der Waals surface area contributed by atoms with Crippen LogP contribution in [0.2, 0.25) is 0 Å². The quantitative estimate of drug-likeness (QED) is 0.113. The highest BCUT2D eigenvalue weighted by Gasteiger charge is 2.31. The van der Waals surface area contributed by atoms with Crippen LogP contribution >= 0.6 is 22.6 Å². The lowest BCUT2D eigenvalue weighted by Crippen LogP contribution is -2.22. The van der Waals surface area contributed by atoms with E-state index in [1.54, 1.807) is 24.3 Å². The molecule has 41 heavy (non-hydrogen) atoms. The van der Waals surface area contributed by atoms with E-state index in [1.165, 1.54) is 30.6 Å². The van der Waals surface area contributed by atoms with Crippen molar-refractivity contribution in [3.8, 4) is 17.2 Å². The summed E-state index contributed by atoms with van der Waals surface area (Å²) in [4.78, 5) is 22.9. The van der Waals surface area contributed by atoms with E-state index in [4.69, 9.17) is 4.74 Å². The summed E-state index contributed by atoms with van der Waals surface area (Å²) in [6, 6.07) is 12.7. The Morgan fingerprint density at radius 1 is 1.12 bits per heavy atom. The van der Waals surface area contributed by atoms with Crippen molar-refractivity contribution in [2.24, 2.45) is 7.05 Å². The first-order valence-electron chi connectivity index (χ1n) is 12.4. The molecule has 0 bridgehead atoms. The summed E-state index contributed by atoms with van der Waals surface area (Å²) in [7, 11) is 5.73. The van der Waals surface area contributed by atoms with Gasteiger partial charge in [0.2, 0.25) is 5.91 Å². The van der Waals surface area contributed by atoms with Crippen LogP contribution in [-0.4, -0.2) is 52.3 Å². The molecule has 4 aromatic rings. The zero-order valence-corrected chi connectivity index (χ0v) is 24.7. The van der Waals surface area contributed by atoms with Crippen LogP contribution in [0.5, 0.6) is 17.2 Å². The van der Waals surface area contributed by atoms with Crippen molar-refractivity contribution in [1.82, 2.24) is 24.8 Å². The fraction of sp³-hybridized carbons (Fsp3) is 0.250. The number of likely N-dealkylation sites (N-methyl/N-ethyl adjacent to an activating group) is 1. The predicted octanol–water partition coefficient (Wildman–Crippen LogP) is 6.07. The van der Waals surface area contributed by atoms with Gasteiger partial charge in [-0.05, 0) is 50.5 Å². The molecule has 0 spiro atoms. The van der Waals surface area contributed by atoms with Gasteiger partial charge in [-0.15, -0.1) is 13.2 Å². The lowest BCUT2D eigenvalue weighted by molar-refractivity contribution is -0.274. The van der Waals surface area contributed by atoms with E-state index in [0.717, 1.165) is 22.5 Å². The SMILES string of the molecule is CN(C)C/C=C/C(=O)NCc1cc2ncnc(Nc3ccc(Oc4cccc(OC(F)(F)F)c4)c(CI)c3)c2n1C. The van der Waals surface area contributed by atoms with Crippen LogP contribution in [0.1, 0.15) is 11.3 Å². The first kappa shape index (κ1) is 30.1. The van der Waals surface area contributed by atoms with E-state index in [0.29, 0.717) is 34.6 Å². The van der Waals surface area contributed by atoms with Gasteiger partial charge >= 0.3 is 6.36 Å². The molecule has 0 radical (unpaired) electrons. The Kier molecular flexibility index (Phi) is 9.70. The summed E-state index contributed by atoms with van der Waals surface area (Å²) < 4.78 is 50.2. The third-order valence-electron chi connectivity index (χ3n) is 5.84. The van der Waals surface area contributed by atoms with Gasteiger partial charge in [0, 0.05) is 47.1 Å². The third kappa shape index (κ3) is 8.33. The monoisotopic (exact) mass is 680 g/mol. The van der Waals surface area contributed by atoms with Crippen molar-refractivity contribution < 1.29 is 27.4 Å². The summed E-state index contributed by atoms with van der Waals surface area (Å²) in [6.45, 7) is 0.986. The number of benzene rings is 2. The predicted molar refractivity (Wildman–Crippen MR) is 159 cm³/mol. The Hall–Kier alpha value is -3.85. The molecule has 2 N–H and O–H groups in total. The standard InChI is InChI=1S/C28H28F3IN6O3/c1-37(2)11-5-8-25(39)33-16-20-13-23-26(38(20)3)27(35-17-34-23)36-19-9-10-24(18(12-19)15-32)40-21-6-4-7-22(14-21)41-28(29,30)31/h4-10,12-14,17H,11,15-16H2,1-3H3,(H,33,39)(H,34,35,36)/b8-5+. The Bertz CT molecular complexity index is 1560. The van der Waals surface area contributed by atoms with Crippen molar-refractivity contribution in [1.29, 1.82) is 0 Å². The third-order valence-corrected chi connectivity index (χ3v) is 6.66. The summed E-state index contributed by atoms with van der Waals surface area (Å²) in [5, 5.41) is 6.21. The minimum Gasteiger partial charge on any atom is -0.457 e. The Morgan fingerprint density at radius 2 is 1.90 bits per heavy atom. The number of hydrogen-bond acceptors (Lipinski definition) is 7. The number of amides is 1. The van der Waals surface area contributed by atoms with E-state index in [9.17, 15) is 18.0 Å². The van der Waals surface area contributed by atoms with Crippen LogP contribution in [0.4, 0.5) is 24.7 Å². The molecule has 0 saturated carbocycles. The Morgan fingerprint density at radius 3 is 2.63 bits per heavy atom. The molecule has 0 unspecified atom stereocenters. The van der Waals surface area contributed by atoms with Gasteiger partial charge in [-0.25, -0.2) is 9.97 Å². The Balaban J connectivity index is 1.50. The lowest BCUT2D eigenvalue weighted by atomic mass is 10.2. The second-order valence-corrected chi connectivity index (χ2v) is 10.0. The molecule has 2 aromatic heterocycles. The number of hydrogen-bond donors (Lipinski definition) is 2. The number of alkyl halides is 4. The molecule has 2 aromatic carbocycles. The molecular weight excluding hydrogens is 652 g/mol. The molecule has 0 fully saturated rings. The van der Waals surface area contributed by atoms with Crippen molar-refractivity contribution in [2.75, 3.05) is 26.0 Å². The van der Waals surface area contributed by atoms with Gasteiger partial charge in [-0.3, -0.25) is 4.79 Å². The number of anilines is 2. The fourth-order valence-corrected chi connectivity index (χ4v) is 4.55. The van der Waals surface area contributed by atoms with E-state index in [2.05, 4.69) is 47.9 Å². The number of fused-ring (bicyclic) bond motifs is 1. The van der Waals surface area contributed by atoms with Crippen LogP contribution in [0.15, 0.2) is 67.0 Å². The summed E-state index contributed by atoms with van der Waals surface area (Å²) in [5.41, 5.74) is 3.89. The van der Waals surface area contributed by atoms with E-state index < -0.39 is 6.36 Å². The average Bonchev–Trinajstić information content (AvgIpc) is 3.23. The van der Waals surface area contributed by atoms with Gasteiger partial charge in [0.25, 0.3) is 0 Å². The topological polar surface area (TPSA) is 93.5 Å². The van der Waals surface area contributed by atoms with Crippen molar-refractivity contribution in [3.05, 3.63) is 78.3 Å². The van der Waals surface area contributed by atoms with Crippen LogP contribution in [0.25, 0.3) is 11.0 Å². The van der Waals surface area contributed by atoms with Crippen LogP contribution < -0.4 is 20.1 Å². The number of ether oxygens (including phenoxy) is 2. The van der Waals surface area contributed by atoms with E-state index in [1.807, 2.05) is 42.7 Å². The fourth-order valence-electron chi connectivity index (χ4n) is 3.95. The molecule has 0 atom stereocenters. The molecule has 0 aliphatic heterocycles. The number of aryl methyl sites for hydroxylation is 1. The molecule has 216 valence electrons. The first-order valence-corrected chi connectivity index (χ1v) is 13.9. The van der Waals surface area contributed by atoms with Gasteiger partial charge in [0.05, 0.1) is 12.1 Å². The average molecular weight is 680 g/mol. The highest BCUT2D eigenvalue weighted by Crippen LogP contribution is 2.34. The smallest absolute Gasteiger partial charge is 0.457 e. The molecule has 2 heterocycles.